The molecule has 31 heavy (non-hydrogen) atoms. The van der Waals surface area contributed by atoms with E-state index >= 15 is 0 Å². The Morgan fingerprint density at radius 2 is 1.35 bits per heavy atom. The van der Waals surface area contributed by atoms with Crippen LogP contribution in [0.5, 0.6) is 0 Å². The molecule has 1 N–H and O–H groups in total. The maximum absolute atomic E-state index is 13.4. The topological polar surface area (TPSA) is 46.4 Å². The Balaban J connectivity index is 1.56. The smallest absolute Gasteiger partial charge is 0.227 e. The molecule has 4 rings (SSSR count). The minimum Gasteiger partial charge on any atom is -0.324 e. The van der Waals surface area contributed by atoms with Crippen LogP contribution >= 0.6 is 0 Å². The fraction of sp³-hybridized carbons (Fsp3) is 0.704. The van der Waals surface area contributed by atoms with Crippen LogP contribution in [-0.2, 0) is 4.79 Å². The lowest BCUT2D eigenvalue weighted by Crippen LogP contribution is -2.24. The second-order valence-electron chi connectivity index (χ2n) is 9.94. The lowest BCUT2D eigenvalue weighted by molar-refractivity contribution is -0.120. The highest BCUT2D eigenvalue weighted by Gasteiger charge is 2.24. The van der Waals surface area contributed by atoms with Gasteiger partial charge in [-0.15, -0.1) is 0 Å². The zero-order valence-electron chi connectivity index (χ0n) is 19.3. The Bertz CT molecular complexity index is 807. The molecule has 4 heteroatoms. The van der Waals surface area contributed by atoms with Crippen molar-refractivity contribution < 1.29 is 4.79 Å². The minimum atomic E-state index is 0.148. The van der Waals surface area contributed by atoms with Gasteiger partial charge in [-0.2, -0.15) is 5.10 Å². The summed E-state index contributed by atoms with van der Waals surface area (Å²) in [6.07, 6.45) is 25.4. The molecule has 1 amide bonds. The van der Waals surface area contributed by atoms with E-state index in [0.29, 0.717) is 5.92 Å². The lowest BCUT2D eigenvalue weighted by Gasteiger charge is -2.23. The van der Waals surface area contributed by atoms with Crippen LogP contribution in [0.4, 0.5) is 5.69 Å². The summed E-state index contributed by atoms with van der Waals surface area (Å²) in [4.78, 5) is 13.4. The molecule has 2 fully saturated rings. The van der Waals surface area contributed by atoms with Gasteiger partial charge in [-0.25, -0.2) is 4.52 Å². The van der Waals surface area contributed by atoms with Gasteiger partial charge in [-0.05, 0) is 43.7 Å². The van der Waals surface area contributed by atoms with Crippen LogP contribution in [0.3, 0.4) is 0 Å². The Kier molecular flexibility index (Phi) is 8.43. The Hall–Kier alpha value is -1.84. The van der Waals surface area contributed by atoms with Gasteiger partial charge in [-0.3, -0.25) is 4.79 Å². The fourth-order valence-electron chi connectivity index (χ4n) is 5.77. The molecule has 170 valence electrons. The van der Waals surface area contributed by atoms with E-state index < -0.39 is 0 Å². The van der Waals surface area contributed by atoms with Gasteiger partial charge < -0.3 is 5.32 Å². The average molecular weight is 424 g/mol. The van der Waals surface area contributed by atoms with Crippen molar-refractivity contribution in [1.29, 1.82) is 0 Å². The van der Waals surface area contributed by atoms with Crippen molar-refractivity contribution in [2.45, 2.75) is 115 Å². The van der Waals surface area contributed by atoms with Crippen molar-refractivity contribution in [2.24, 2.45) is 5.92 Å². The molecule has 2 saturated carbocycles. The van der Waals surface area contributed by atoms with Crippen molar-refractivity contribution >= 4 is 17.1 Å². The van der Waals surface area contributed by atoms with Gasteiger partial charge in [0, 0.05) is 17.7 Å². The van der Waals surface area contributed by atoms with E-state index in [0.717, 1.165) is 18.5 Å². The van der Waals surface area contributed by atoms with Gasteiger partial charge in [0.1, 0.15) is 0 Å². The fourth-order valence-corrected chi connectivity index (χ4v) is 5.77. The van der Waals surface area contributed by atoms with Crippen LogP contribution in [0.25, 0.3) is 5.52 Å². The van der Waals surface area contributed by atoms with Gasteiger partial charge in [-0.1, -0.05) is 83.5 Å². The SMILES string of the molecule is O=C(Nc1cnn2cccc2c1C1CCCCCCCC1)C1CCCCCCCCC1. The van der Waals surface area contributed by atoms with E-state index in [1.807, 2.05) is 16.9 Å². The Morgan fingerprint density at radius 1 is 0.806 bits per heavy atom. The number of hydrogen-bond acceptors (Lipinski definition) is 2. The number of amides is 1. The molecular weight excluding hydrogens is 382 g/mol. The summed E-state index contributed by atoms with van der Waals surface area (Å²) in [7, 11) is 0. The molecule has 0 aromatic carbocycles. The first-order valence-electron chi connectivity index (χ1n) is 13.1. The van der Waals surface area contributed by atoms with Crippen LogP contribution in [-0.4, -0.2) is 15.5 Å². The molecule has 0 unspecified atom stereocenters. The summed E-state index contributed by atoms with van der Waals surface area (Å²) in [6, 6.07) is 4.25. The monoisotopic (exact) mass is 423 g/mol. The Morgan fingerprint density at radius 3 is 1.97 bits per heavy atom. The Labute approximate surface area is 188 Å². The minimum absolute atomic E-state index is 0.148. The first kappa shape index (κ1) is 22.4. The van der Waals surface area contributed by atoms with Crippen LogP contribution in [0.1, 0.15) is 121 Å². The predicted molar refractivity (Wildman–Crippen MR) is 129 cm³/mol. The summed E-state index contributed by atoms with van der Waals surface area (Å²) < 4.78 is 1.99. The van der Waals surface area contributed by atoms with Crippen molar-refractivity contribution in [2.75, 3.05) is 5.32 Å². The van der Waals surface area contributed by atoms with Gasteiger partial charge in [0.05, 0.1) is 17.4 Å². The second-order valence-corrected chi connectivity index (χ2v) is 9.94. The molecule has 2 aromatic heterocycles. The van der Waals surface area contributed by atoms with E-state index in [4.69, 9.17) is 0 Å². The molecule has 0 aliphatic heterocycles. The van der Waals surface area contributed by atoms with Crippen molar-refractivity contribution in [3.05, 3.63) is 30.1 Å². The molecule has 0 radical (unpaired) electrons. The molecule has 0 atom stereocenters. The second kappa shape index (κ2) is 11.7. The molecule has 0 spiro atoms. The molecule has 0 bridgehead atoms. The highest BCUT2D eigenvalue weighted by atomic mass is 16.1. The summed E-state index contributed by atoms with van der Waals surface area (Å²) in [5, 5.41) is 8.00. The third-order valence-electron chi connectivity index (χ3n) is 7.60. The van der Waals surface area contributed by atoms with Crippen molar-refractivity contribution in [3.63, 3.8) is 0 Å². The number of hydrogen-bond donors (Lipinski definition) is 1. The number of nitrogens with zero attached hydrogens (tertiary/aromatic N) is 2. The standard InChI is InChI=1S/C27H41N3O/c31-27(23-17-12-8-2-1-3-9-13-18-23)29-24-21-28-30-20-14-19-25(30)26(24)22-15-10-6-4-5-7-11-16-22/h14,19-23H,1-13,15-18H2,(H,29,31). The predicted octanol–water partition coefficient (Wildman–Crippen LogP) is 7.63. The van der Waals surface area contributed by atoms with Crippen LogP contribution < -0.4 is 5.32 Å². The van der Waals surface area contributed by atoms with Crippen LogP contribution in [0, 0.1) is 5.92 Å². The van der Waals surface area contributed by atoms with Gasteiger partial charge in [0.15, 0.2) is 0 Å². The molecule has 2 aromatic rings. The molecular formula is C27H41N3O. The summed E-state index contributed by atoms with van der Waals surface area (Å²) in [5.41, 5.74) is 3.47. The summed E-state index contributed by atoms with van der Waals surface area (Å²) in [6.45, 7) is 0. The quantitative estimate of drug-likeness (QED) is 0.551. The zero-order chi connectivity index (χ0) is 21.3. The maximum atomic E-state index is 13.4. The lowest BCUT2D eigenvalue weighted by atomic mass is 9.88. The third-order valence-corrected chi connectivity index (χ3v) is 7.60. The number of carbonyl (C=O) groups excluding carboxylic acids is 1. The van der Waals surface area contributed by atoms with Crippen molar-refractivity contribution in [3.8, 4) is 0 Å². The summed E-state index contributed by atoms with van der Waals surface area (Å²) in [5.74, 6) is 0.884. The number of anilines is 1. The van der Waals surface area contributed by atoms with E-state index in [1.54, 1.807) is 0 Å². The number of rotatable bonds is 3. The first-order valence-corrected chi connectivity index (χ1v) is 13.1. The summed E-state index contributed by atoms with van der Waals surface area (Å²) >= 11 is 0. The number of carbonyl (C=O) groups is 1. The van der Waals surface area contributed by atoms with Gasteiger partial charge >= 0.3 is 0 Å². The molecule has 4 nitrogen and oxygen atoms in total. The number of nitrogens with one attached hydrogen (secondary N) is 1. The van der Waals surface area contributed by atoms with Crippen LogP contribution in [0.15, 0.2) is 24.5 Å². The van der Waals surface area contributed by atoms with Gasteiger partial charge in [0.25, 0.3) is 0 Å². The third kappa shape index (κ3) is 6.11. The van der Waals surface area contributed by atoms with E-state index in [2.05, 4.69) is 22.5 Å². The molecule has 2 aliphatic rings. The van der Waals surface area contributed by atoms with E-state index in [9.17, 15) is 4.79 Å². The molecule has 2 heterocycles. The maximum Gasteiger partial charge on any atom is 0.227 e. The average Bonchev–Trinajstić information content (AvgIpc) is 3.30. The molecule has 0 saturated heterocycles. The first-order chi connectivity index (χ1) is 15.3. The zero-order valence-corrected chi connectivity index (χ0v) is 19.3. The van der Waals surface area contributed by atoms with Gasteiger partial charge in [0.2, 0.25) is 5.91 Å². The van der Waals surface area contributed by atoms with Crippen LogP contribution in [0.2, 0.25) is 0 Å². The normalized spacial score (nSPS) is 21.2. The van der Waals surface area contributed by atoms with Crippen molar-refractivity contribution in [1.82, 2.24) is 9.61 Å². The van der Waals surface area contributed by atoms with E-state index in [1.165, 1.54) is 107 Å². The highest BCUT2D eigenvalue weighted by Crippen LogP contribution is 2.37. The number of aromatic nitrogens is 2. The molecule has 2 aliphatic carbocycles. The largest absolute Gasteiger partial charge is 0.324 e. The highest BCUT2D eigenvalue weighted by molar-refractivity contribution is 5.94. The van der Waals surface area contributed by atoms with E-state index in [-0.39, 0.29) is 11.8 Å². The number of fused-ring (bicyclic) bond motifs is 1.